The van der Waals surface area contributed by atoms with Gasteiger partial charge in [-0.1, -0.05) is 38.5 Å². The van der Waals surface area contributed by atoms with Crippen LogP contribution in [0.15, 0.2) is 12.1 Å². The Labute approximate surface area is 126 Å². The molecule has 1 aromatic carbocycles. The Kier molecular flexibility index (Phi) is 7.29. The largest absolute Gasteiger partial charge is 0.314 e. The predicted octanol–water partition coefficient (Wildman–Crippen LogP) is 4.96. The molecule has 0 fully saturated rings. The van der Waals surface area contributed by atoms with Crippen LogP contribution in [0.4, 0.5) is 0 Å². The summed E-state index contributed by atoms with van der Waals surface area (Å²) in [7, 11) is 0. The van der Waals surface area contributed by atoms with E-state index >= 15 is 0 Å². The average Bonchev–Trinajstić information content (AvgIpc) is 2.33. The average molecular weight is 275 g/mol. The first-order chi connectivity index (χ1) is 9.43. The van der Waals surface area contributed by atoms with Crippen LogP contribution in [0.2, 0.25) is 0 Å². The maximum atomic E-state index is 3.72. The molecule has 0 heterocycles. The number of benzene rings is 1. The van der Waals surface area contributed by atoms with Gasteiger partial charge in [-0.25, -0.2) is 0 Å². The Balaban J connectivity index is 2.66. The summed E-state index contributed by atoms with van der Waals surface area (Å²) in [5, 5.41) is 3.72. The van der Waals surface area contributed by atoms with Crippen LogP contribution in [0.25, 0.3) is 0 Å². The summed E-state index contributed by atoms with van der Waals surface area (Å²) in [6.07, 6.45) is 4.95. The van der Waals surface area contributed by atoms with Crippen molar-refractivity contribution in [1.82, 2.24) is 5.32 Å². The van der Waals surface area contributed by atoms with E-state index in [1.807, 2.05) is 0 Å². The molecule has 1 aromatic rings. The molecule has 0 amide bonds. The molecule has 1 N–H and O–H groups in total. The number of nitrogens with one attached hydrogen (secondary N) is 1. The molecule has 1 rings (SSSR count). The Bertz CT molecular complexity index is 383. The van der Waals surface area contributed by atoms with Gasteiger partial charge in [0, 0.05) is 6.04 Å². The minimum Gasteiger partial charge on any atom is -0.314 e. The van der Waals surface area contributed by atoms with Crippen molar-refractivity contribution in [3.05, 3.63) is 34.4 Å². The van der Waals surface area contributed by atoms with Crippen LogP contribution >= 0.6 is 0 Å². The van der Waals surface area contributed by atoms with Crippen LogP contribution in [0, 0.1) is 26.7 Å². The van der Waals surface area contributed by atoms with Crippen LogP contribution in [0.1, 0.15) is 62.3 Å². The predicted molar refractivity (Wildman–Crippen MR) is 90.5 cm³/mol. The van der Waals surface area contributed by atoms with E-state index in [1.54, 1.807) is 5.56 Å². The van der Waals surface area contributed by atoms with Gasteiger partial charge >= 0.3 is 0 Å². The van der Waals surface area contributed by atoms with Gasteiger partial charge in [0.1, 0.15) is 0 Å². The van der Waals surface area contributed by atoms with E-state index in [2.05, 4.69) is 59.0 Å². The zero-order chi connectivity index (χ0) is 15.1. The van der Waals surface area contributed by atoms with Crippen molar-refractivity contribution in [2.45, 2.75) is 73.3 Å². The molecule has 1 atom stereocenters. The molecule has 0 bridgehead atoms. The fourth-order valence-corrected chi connectivity index (χ4v) is 3.14. The number of hydrogen-bond donors (Lipinski definition) is 1. The highest BCUT2D eigenvalue weighted by molar-refractivity contribution is 5.37. The van der Waals surface area contributed by atoms with Gasteiger partial charge in [-0.15, -0.1) is 0 Å². The van der Waals surface area contributed by atoms with Crippen LogP contribution in [-0.2, 0) is 6.42 Å². The molecule has 1 nitrogen and oxygen atoms in total. The van der Waals surface area contributed by atoms with E-state index in [0.717, 1.165) is 12.5 Å². The highest BCUT2D eigenvalue weighted by Gasteiger charge is 2.12. The molecular formula is C19H33N. The van der Waals surface area contributed by atoms with Gasteiger partial charge in [0.2, 0.25) is 0 Å². The minimum atomic E-state index is 0.662. The lowest BCUT2D eigenvalue weighted by molar-refractivity contribution is 0.398. The molecule has 0 spiro atoms. The first-order valence-corrected chi connectivity index (χ1v) is 8.24. The molecule has 0 aliphatic heterocycles. The Hall–Kier alpha value is -0.820. The second kappa shape index (κ2) is 8.46. The third-order valence-electron chi connectivity index (χ3n) is 4.02. The quantitative estimate of drug-likeness (QED) is 0.707. The van der Waals surface area contributed by atoms with Gasteiger partial charge in [-0.3, -0.25) is 0 Å². The maximum absolute atomic E-state index is 3.72. The van der Waals surface area contributed by atoms with Crippen LogP contribution < -0.4 is 5.32 Å². The van der Waals surface area contributed by atoms with Gasteiger partial charge in [0.05, 0.1) is 0 Å². The molecule has 20 heavy (non-hydrogen) atoms. The van der Waals surface area contributed by atoms with E-state index < -0.39 is 0 Å². The van der Waals surface area contributed by atoms with Gasteiger partial charge in [-0.2, -0.15) is 0 Å². The second-order valence-electron chi connectivity index (χ2n) is 6.70. The molecule has 114 valence electrons. The van der Waals surface area contributed by atoms with E-state index in [9.17, 15) is 0 Å². The van der Waals surface area contributed by atoms with Gasteiger partial charge in [0.15, 0.2) is 0 Å². The summed E-state index contributed by atoms with van der Waals surface area (Å²) < 4.78 is 0. The molecule has 0 aliphatic rings. The third kappa shape index (κ3) is 5.66. The summed E-state index contributed by atoms with van der Waals surface area (Å²) in [4.78, 5) is 0. The summed E-state index contributed by atoms with van der Waals surface area (Å²) in [5.74, 6) is 0.768. The van der Waals surface area contributed by atoms with Crippen LogP contribution in [-0.4, -0.2) is 12.6 Å². The van der Waals surface area contributed by atoms with E-state index in [4.69, 9.17) is 0 Å². The lowest BCUT2D eigenvalue weighted by Gasteiger charge is -2.21. The number of hydrogen-bond acceptors (Lipinski definition) is 1. The van der Waals surface area contributed by atoms with E-state index in [-0.39, 0.29) is 0 Å². The Morgan fingerprint density at radius 1 is 1.05 bits per heavy atom. The maximum Gasteiger partial charge on any atom is 0.00726 e. The second-order valence-corrected chi connectivity index (χ2v) is 6.70. The monoisotopic (exact) mass is 275 g/mol. The standard InChI is InChI=1S/C19H33N/c1-7-10-20-18(11-14(2)3)8-9-19-16(5)12-15(4)13-17(19)6/h12-14,18,20H,7-11H2,1-6H3. The van der Waals surface area contributed by atoms with Crippen LogP contribution in [0.3, 0.4) is 0 Å². The van der Waals surface area contributed by atoms with Crippen molar-refractivity contribution in [2.24, 2.45) is 5.92 Å². The normalized spacial score (nSPS) is 12.9. The number of rotatable bonds is 8. The molecule has 1 heteroatoms. The van der Waals surface area contributed by atoms with Crippen molar-refractivity contribution in [3.8, 4) is 0 Å². The fourth-order valence-electron chi connectivity index (χ4n) is 3.14. The first kappa shape index (κ1) is 17.2. The van der Waals surface area contributed by atoms with Gasteiger partial charge in [0.25, 0.3) is 0 Å². The Morgan fingerprint density at radius 3 is 2.15 bits per heavy atom. The zero-order valence-electron chi connectivity index (χ0n) is 14.3. The highest BCUT2D eigenvalue weighted by Crippen LogP contribution is 2.20. The smallest absolute Gasteiger partial charge is 0.00726 e. The van der Waals surface area contributed by atoms with Gasteiger partial charge in [-0.05, 0) is 75.6 Å². The molecule has 1 unspecified atom stereocenters. The summed E-state index contributed by atoms with van der Waals surface area (Å²) in [6.45, 7) is 14.7. The van der Waals surface area contributed by atoms with E-state index in [1.165, 1.54) is 42.4 Å². The Morgan fingerprint density at radius 2 is 1.65 bits per heavy atom. The minimum absolute atomic E-state index is 0.662. The van der Waals surface area contributed by atoms with Crippen molar-refractivity contribution in [3.63, 3.8) is 0 Å². The summed E-state index contributed by atoms with van der Waals surface area (Å²) >= 11 is 0. The lowest BCUT2D eigenvalue weighted by atomic mass is 9.92. The molecule has 0 aliphatic carbocycles. The van der Waals surface area contributed by atoms with Gasteiger partial charge < -0.3 is 5.32 Å². The molecule has 0 radical (unpaired) electrons. The first-order valence-electron chi connectivity index (χ1n) is 8.24. The summed E-state index contributed by atoms with van der Waals surface area (Å²) in [6, 6.07) is 5.30. The molecule has 0 saturated carbocycles. The molecular weight excluding hydrogens is 242 g/mol. The fraction of sp³-hybridized carbons (Fsp3) is 0.684. The van der Waals surface area contributed by atoms with Crippen molar-refractivity contribution in [1.29, 1.82) is 0 Å². The molecule has 0 aromatic heterocycles. The van der Waals surface area contributed by atoms with Crippen molar-refractivity contribution < 1.29 is 0 Å². The topological polar surface area (TPSA) is 12.0 Å². The zero-order valence-corrected chi connectivity index (χ0v) is 14.3. The highest BCUT2D eigenvalue weighted by atomic mass is 14.9. The van der Waals surface area contributed by atoms with Crippen molar-refractivity contribution >= 4 is 0 Å². The third-order valence-corrected chi connectivity index (χ3v) is 4.02. The summed E-state index contributed by atoms with van der Waals surface area (Å²) in [5.41, 5.74) is 5.86. The number of aryl methyl sites for hydroxylation is 3. The lowest BCUT2D eigenvalue weighted by Crippen LogP contribution is -2.31. The molecule has 0 saturated heterocycles. The SMILES string of the molecule is CCCNC(CCc1c(C)cc(C)cc1C)CC(C)C. The van der Waals surface area contributed by atoms with Crippen molar-refractivity contribution in [2.75, 3.05) is 6.54 Å². The van der Waals surface area contributed by atoms with E-state index in [0.29, 0.717) is 6.04 Å². The van der Waals surface area contributed by atoms with Crippen LogP contribution in [0.5, 0.6) is 0 Å².